The fraction of sp³-hybridized carbons (Fsp3) is 0.462. The van der Waals surface area contributed by atoms with Gasteiger partial charge in [0, 0.05) is 6.54 Å². The molecule has 0 aliphatic heterocycles. The quantitative estimate of drug-likeness (QED) is 0.839. The van der Waals surface area contributed by atoms with E-state index in [4.69, 9.17) is 0 Å². The maximum Gasteiger partial charge on any atom is 0.419 e. The lowest BCUT2D eigenvalue weighted by Crippen LogP contribution is -2.40. The van der Waals surface area contributed by atoms with E-state index < -0.39 is 34.6 Å². The van der Waals surface area contributed by atoms with Crippen molar-refractivity contribution in [2.45, 2.75) is 32.0 Å². The number of alkyl halides is 3. The lowest BCUT2D eigenvalue weighted by molar-refractivity contribution is -0.140. The molecule has 1 amide bonds. The summed E-state index contributed by atoms with van der Waals surface area (Å²) >= 11 is 0. The Balaban J connectivity index is 2.95. The molecule has 0 aromatic heterocycles. The summed E-state index contributed by atoms with van der Waals surface area (Å²) in [6.45, 7) is 2.95. The maximum absolute atomic E-state index is 13.7. The molecule has 1 aromatic rings. The van der Waals surface area contributed by atoms with Crippen molar-refractivity contribution in [3.63, 3.8) is 0 Å². The Morgan fingerprint density at radius 3 is 2.45 bits per heavy atom. The molecular weight excluding hydrogens is 278 g/mol. The van der Waals surface area contributed by atoms with E-state index >= 15 is 0 Å². The highest BCUT2D eigenvalue weighted by Gasteiger charge is 2.35. The summed E-state index contributed by atoms with van der Waals surface area (Å²) in [7, 11) is 0. The monoisotopic (exact) mass is 293 g/mol. The van der Waals surface area contributed by atoms with E-state index in [2.05, 4.69) is 5.32 Å². The van der Waals surface area contributed by atoms with Crippen LogP contribution in [0.1, 0.15) is 36.2 Å². The summed E-state index contributed by atoms with van der Waals surface area (Å²) in [5.41, 5.74) is -3.40. The highest BCUT2D eigenvalue weighted by molar-refractivity contribution is 5.94. The van der Waals surface area contributed by atoms with Gasteiger partial charge in [-0.25, -0.2) is 4.39 Å². The van der Waals surface area contributed by atoms with Crippen LogP contribution in [0.15, 0.2) is 18.2 Å². The highest BCUT2D eigenvalue weighted by atomic mass is 19.4. The van der Waals surface area contributed by atoms with Crippen LogP contribution in [-0.2, 0) is 6.18 Å². The first kappa shape index (κ1) is 16.4. The molecule has 0 radical (unpaired) electrons. The first-order chi connectivity index (χ1) is 9.08. The van der Waals surface area contributed by atoms with Crippen molar-refractivity contribution in [1.82, 2.24) is 5.32 Å². The zero-order valence-electron chi connectivity index (χ0n) is 11.0. The van der Waals surface area contributed by atoms with E-state index in [-0.39, 0.29) is 6.54 Å². The summed E-state index contributed by atoms with van der Waals surface area (Å²) in [4.78, 5) is 11.7. The molecular formula is C13H15F4NO2. The third kappa shape index (κ3) is 3.93. The largest absolute Gasteiger partial charge is 0.419 e. The predicted molar refractivity (Wildman–Crippen MR) is 64.7 cm³/mol. The van der Waals surface area contributed by atoms with Crippen molar-refractivity contribution < 1.29 is 27.5 Å². The third-order valence-electron chi connectivity index (χ3n) is 2.94. The Bertz CT molecular complexity index is 498. The van der Waals surface area contributed by atoms with Gasteiger partial charge >= 0.3 is 6.18 Å². The van der Waals surface area contributed by atoms with Crippen LogP contribution >= 0.6 is 0 Å². The molecule has 0 fully saturated rings. The van der Waals surface area contributed by atoms with Gasteiger partial charge in [-0.1, -0.05) is 13.0 Å². The van der Waals surface area contributed by atoms with Crippen molar-refractivity contribution in [2.75, 3.05) is 6.54 Å². The van der Waals surface area contributed by atoms with E-state index in [9.17, 15) is 27.5 Å². The zero-order valence-corrected chi connectivity index (χ0v) is 11.0. The van der Waals surface area contributed by atoms with E-state index in [1.807, 2.05) is 0 Å². The summed E-state index contributed by atoms with van der Waals surface area (Å²) in [6.07, 6.45) is -4.53. The fourth-order valence-corrected chi connectivity index (χ4v) is 1.42. The molecule has 112 valence electrons. The molecule has 0 spiro atoms. The molecule has 20 heavy (non-hydrogen) atoms. The van der Waals surface area contributed by atoms with Gasteiger partial charge in [0.1, 0.15) is 5.82 Å². The average molecular weight is 293 g/mol. The molecule has 7 heteroatoms. The van der Waals surface area contributed by atoms with Gasteiger partial charge in [-0.15, -0.1) is 0 Å². The molecule has 1 atom stereocenters. The topological polar surface area (TPSA) is 49.3 Å². The minimum atomic E-state index is -4.87. The normalized spacial score (nSPS) is 14.8. The number of carbonyl (C=O) groups is 1. The second-order valence-electron chi connectivity index (χ2n) is 4.70. The van der Waals surface area contributed by atoms with Crippen LogP contribution in [0.3, 0.4) is 0 Å². The summed E-state index contributed by atoms with van der Waals surface area (Å²) in [6, 6.07) is 2.48. The highest BCUT2D eigenvalue weighted by Crippen LogP contribution is 2.32. The lowest BCUT2D eigenvalue weighted by atomic mass is 10.0. The number of carbonyl (C=O) groups excluding carboxylic acids is 1. The molecule has 1 rings (SSSR count). The van der Waals surface area contributed by atoms with Crippen molar-refractivity contribution >= 4 is 5.91 Å². The van der Waals surface area contributed by atoms with Gasteiger partial charge in [0.25, 0.3) is 5.91 Å². The van der Waals surface area contributed by atoms with E-state index in [1.54, 1.807) is 6.92 Å². The van der Waals surface area contributed by atoms with Crippen molar-refractivity contribution in [3.8, 4) is 0 Å². The Morgan fingerprint density at radius 2 is 1.95 bits per heavy atom. The van der Waals surface area contributed by atoms with Crippen LogP contribution in [-0.4, -0.2) is 23.2 Å². The minimum Gasteiger partial charge on any atom is -0.388 e. The maximum atomic E-state index is 13.7. The standard InChI is InChI=1S/C13H15F4NO2/c1-3-12(2,20)7-18-11(19)8-5-4-6-9(10(8)14)13(15,16)17/h4-6,20H,3,7H2,1-2H3,(H,18,19). The van der Waals surface area contributed by atoms with E-state index in [0.29, 0.717) is 12.5 Å². The number of nitrogens with one attached hydrogen (secondary N) is 1. The summed E-state index contributed by atoms with van der Waals surface area (Å²) in [5, 5.41) is 11.9. The van der Waals surface area contributed by atoms with Crippen LogP contribution in [0, 0.1) is 5.82 Å². The van der Waals surface area contributed by atoms with Gasteiger partial charge in [-0.2, -0.15) is 13.2 Å². The molecule has 0 heterocycles. The minimum absolute atomic E-state index is 0.183. The first-order valence-corrected chi connectivity index (χ1v) is 5.95. The molecule has 0 saturated heterocycles. The molecule has 0 bridgehead atoms. The number of rotatable bonds is 4. The van der Waals surface area contributed by atoms with Crippen LogP contribution in [0.5, 0.6) is 0 Å². The number of aliphatic hydroxyl groups is 1. The molecule has 2 N–H and O–H groups in total. The van der Waals surface area contributed by atoms with Crippen LogP contribution < -0.4 is 5.32 Å². The number of benzene rings is 1. The van der Waals surface area contributed by atoms with Gasteiger partial charge in [0.15, 0.2) is 0 Å². The predicted octanol–water partition coefficient (Wildman–Crippen LogP) is 2.74. The molecule has 0 saturated carbocycles. The van der Waals surface area contributed by atoms with Crippen molar-refractivity contribution in [1.29, 1.82) is 0 Å². The number of hydrogen-bond acceptors (Lipinski definition) is 2. The van der Waals surface area contributed by atoms with Gasteiger partial charge in [0.05, 0.1) is 16.7 Å². The summed E-state index contributed by atoms with van der Waals surface area (Å²) < 4.78 is 51.2. The van der Waals surface area contributed by atoms with E-state index in [1.165, 1.54) is 6.92 Å². The van der Waals surface area contributed by atoms with Gasteiger partial charge in [-0.3, -0.25) is 4.79 Å². The third-order valence-corrected chi connectivity index (χ3v) is 2.94. The van der Waals surface area contributed by atoms with Crippen molar-refractivity contribution in [3.05, 3.63) is 35.1 Å². The average Bonchev–Trinajstić information content (AvgIpc) is 2.35. The number of hydrogen-bond donors (Lipinski definition) is 2. The summed E-state index contributed by atoms with van der Waals surface area (Å²) in [5.74, 6) is -2.61. The van der Waals surface area contributed by atoms with E-state index in [0.717, 1.165) is 12.1 Å². The second kappa shape index (κ2) is 5.78. The zero-order chi connectivity index (χ0) is 15.6. The number of amides is 1. The van der Waals surface area contributed by atoms with Gasteiger partial charge in [-0.05, 0) is 25.5 Å². The van der Waals surface area contributed by atoms with Crippen LogP contribution in [0.4, 0.5) is 17.6 Å². The van der Waals surface area contributed by atoms with Crippen molar-refractivity contribution in [2.24, 2.45) is 0 Å². The molecule has 3 nitrogen and oxygen atoms in total. The molecule has 1 unspecified atom stereocenters. The molecule has 0 aliphatic carbocycles. The molecule has 1 aromatic carbocycles. The Morgan fingerprint density at radius 1 is 1.35 bits per heavy atom. The lowest BCUT2D eigenvalue weighted by Gasteiger charge is -2.21. The fourth-order valence-electron chi connectivity index (χ4n) is 1.42. The van der Waals surface area contributed by atoms with Crippen LogP contribution in [0.2, 0.25) is 0 Å². The SMILES string of the molecule is CCC(C)(O)CNC(=O)c1cccc(C(F)(F)F)c1F. The first-order valence-electron chi connectivity index (χ1n) is 5.95. The van der Waals surface area contributed by atoms with Crippen LogP contribution in [0.25, 0.3) is 0 Å². The Labute approximate surface area is 113 Å². The van der Waals surface area contributed by atoms with Gasteiger partial charge in [0.2, 0.25) is 0 Å². The number of halogens is 4. The Hall–Kier alpha value is -1.63. The van der Waals surface area contributed by atoms with Gasteiger partial charge < -0.3 is 10.4 Å². The Kier molecular flexibility index (Phi) is 4.75. The second-order valence-corrected chi connectivity index (χ2v) is 4.70. The molecule has 0 aliphatic rings. The smallest absolute Gasteiger partial charge is 0.388 e.